The molecule has 8 heteroatoms. The third-order valence-corrected chi connectivity index (χ3v) is 3.54. The number of nitrogens with zero attached hydrogens (tertiary/aromatic N) is 2. The molecule has 0 atom stereocenters. The van der Waals surface area contributed by atoms with Gasteiger partial charge in [0.15, 0.2) is 5.96 Å². The van der Waals surface area contributed by atoms with Gasteiger partial charge in [0, 0.05) is 31.8 Å². The molecule has 1 aromatic heterocycles. The number of pyridine rings is 1. The van der Waals surface area contributed by atoms with Crippen molar-refractivity contribution in [1.29, 1.82) is 0 Å². The molecule has 0 fully saturated rings. The van der Waals surface area contributed by atoms with E-state index < -0.39 is 0 Å². The molecule has 26 heavy (non-hydrogen) atoms. The Kier molecular flexibility index (Phi) is 10.6. The zero-order valence-corrected chi connectivity index (χ0v) is 17.4. The number of halogens is 1. The molecule has 0 aliphatic heterocycles. The van der Waals surface area contributed by atoms with Crippen LogP contribution in [0.5, 0.6) is 0 Å². The van der Waals surface area contributed by atoms with E-state index >= 15 is 0 Å². The van der Waals surface area contributed by atoms with E-state index in [1.807, 2.05) is 37.3 Å². The van der Waals surface area contributed by atoms with Crippen molar-refractivity contribution in [2.75, 3.05) is 33.4 Å². The number of nitrogens with one attached hydrogen (secondary N) is 3. The van der Waals surface area contributed by atoms with Crippen LogP contribution in [0.4, 0.5) is 0 Å². The van der Waals surface area contributed by atoms with E-state index in [-0.39, 0.29) is 36.4 Å². The number of carbonyl (C=O) groups is 1. The molecule has 0 aliphatic carbocycles. The summed E-state index contributed by atoms with van der Waals surface area (Å²) in [5.41, 5.74) is 2.04. The molecule has 0 unspecified atom stereocenters. The number of para-hydroxylation sites is 1. The zero-order chi connectivity index (χ0) is 17.9. The fraction of sp³-hybridized carbons (Fsp3) is 0.389. The topological polar surface area (TPSA) is 87.6 Å². The van der Waals surface area contributed by atoms with Crippen LogP contribution in [0.1, 0.15) is 12.5 Å². The summed E-state index contributed by atoms with van der Waals surface area (Å²) in [6.07, 6.45) is 1.79. The molecule has 0 saturated heterocycles. The highest BCUT2D eigenvalue weighted by atomic mass is 127. The van der Waals surface area contributed by atoms with Gasteiger partial charge in [-0.05, 0) is 24.6 Å². The summed E-state index contributed by atoms with van der Waals surface area (Å²) in [6, 6.07) is 9.95. The summed E-state index contributed by atoms with van der Waals surface area (Å²) in [5.74, 6) is 0.502. The molecule has 2 rings (SSSR count). The zero-order valence-electron chi connectivity index (χ0n) is 15.1. The Bertz CT molecular complexity index is 718. The molecule has 142 valence electrons. The van der Waals surface area contributed by atoms with Gasteiger partial charge in [-0.3, -0.25) is 9.78 Å². The van der Waals surface area contributed by atoms with Gasteiger partial charge >= 0.3 is 0 Å². The predicted molar refractivity (Wildman–Crippen MR) is 115 cm³/mol. The Hall–Kier alpha value is -1.94. The van der Waals surface area contributed by atoms with Crippen LogP contribution in [0.25, 0.3) is 10.9 Å². The minimum Gasteiger partial charge on any atom is -0.383 e. The smallest absolute Gasteiger partial charge is 0.239 e. The first kappa shape index (κ1) is 22.1. The van der Waals surface area contributed by atoms with Crippen molar-refractivity contribution in [3.05, 3.63) is 42.1 Å². The van der Waals surface area contributed by atoms with E-state index in [1.54, 1.807) is 13.3 Å². The average molecular weight is 471 g/mol. The lowest BCUT2D eigenvalue weighted by Crippen LogP contribution is -2.43. The van der Waals surface area contributed by atoms with Crippen molar-refractivity contribution in [3.63, 3.8) is 0 Å². The van der Waals surface area contributed by atoms with E-state index in [1.165, 1.54) is 0 Å². The second kappa shape index (κ2) is 12.4. The van der Waals surface area contributed by atoms with Crippen molar-refractivity contribution in [2.45, 2.75) is 13.5 Å². The summed E-state index contributed by atoms with van der Waals surface area (Å²) < 4.78 is 4.90. The maximum absolute atomic E-state index is 11.8. The number of fused-ring (bicyclic) bond motifs is 1. The monoisotopic (exact) mass is 471 g/mol. The van der Waals surface area contributed by atoms with Gasteiger partial charge in [0.1, 0.15) is 0 Å². The van der Waals surface area contributed by atoms with Crippen LogP contribution in [-0.4, -0.2) is 50.2 Å². The van der Waals surface area contributed by atoms with Gasteiger partial charge in [-0.15, -0.1) is 24.0 Å². The lowest BCUT2D eigenvalue weighted by molar-refractivity contribution is -0.120. The quantitative estimate of drug-likeness (QED) is 0.236. The van der Waals surface area contributed by atoms with Crippen LogP contribution in [-0.2, 0) is 16.1 Å². The maximum atomic E-state index is 11.8. The summed E-state index contributed by atoms with van der Waals surface area (Å²) in [7, 11) is 1.60. The second-order valence-corrected chi connectivity index (χ2v) is 5.38. The molecule has 3 N–H and O–H groups in total. The Balaban J connectivity index is 0.00000338. The molecule has 1 aromatic carbocycles. The number of hydrogen-bond acceptors (Lipinski definition) is 4. The fourth-order valence-electron chi connectivity index (χ4n) is 2.32. The molecular weight excluding hydrogens is 445 g/mol. The number of guanidine groups is 1. The van der Waals surface area contributed by atoms with Crippen LogP contribution in [0.2, 0.25) is 0 Å². The number of methoxy groups -OCH3 is 1. The molecule has 1 heterocycles. The van der Waals surface area contributed by atoms with Crippen molar-refractivity contribution in [1.82, 2.24) is 20.9 Å². The van der Waals surface area contributed by atoms with E-state index in [4.69, 9.17) is 4.74 Å². The number of aromatic nitrogens is 1. The lowest BCUT2D eigenvalue weighted by Gasteiger charge is -2.12. The Labute approximate surface area is 171 Å². The Morgan fingerprint density at radius 3 is 2.77 bits per heavy atom. The Morgan fingerprint density at radius 1 is 1.19 bits per heavy atom. The standard InChI is InChI=1S/C18H25N5O2.HI/c1-3-19-18(23-13-17(24)21-10-11-25-2)22-12-14-8-9-20-16-7-5-4-6-15(14)16;/h4-9H,3,10-13H2,1-2H3,(H,21,24)(H2,19,22,23);1H. The van der Waals surface area contributed by atoms with Crippen molar-refractivity contribution in [2.24, 2.45) is 4.99 Å². The highest BCUT2D eigenvalue weighted by molar-refractivity contribution is 14.0. The number of hydrogen-bond donors (Lipinski definition) is 3. The molecular formula is C18H26IN5O2. The van der Waals surface area contributed by atoms with Crippen molar-refractivity contribution >= 4 is 46.7 Å². The highest BCUT2D eigenvalue weighted by Crippen LogP contribution is 2.16. The number of ether oxygens (including phenoxy) is 1. The lowest BCUT2D eigenvalue weighted by atomic mass is 10.1. The molecule has 7 nitrogen and oxygen atoms in total. The SMILES string of the molecule is CCNC(=NCc1ccnc2ccccc12)NCC(=O)NCCOC.I. The van der Waals surface area contributed by atoms with E-state index in [9.17, 15) is 4.79 Å². The van der Waals surface area contributed by atoms with E-state index in [0.29, 0.717) is 32.2 Å². The number of benzene rings is 1. The first-order valence-corrected chi connectivity index (χ1v) is 8.35. The van der Waals surface area contributed by atoms with Gasteiger partial charge in [0.2, 0.25) is 5.91 Å². The second-order valence-electron chi connectivity index (χ2n) is 5.38. The van der Waals surface area contributed by atoms with Crippen LogP contribution in [0.15, 0.2) is 41.5 Å². The highest BCUT2D eigenvalue weighted by Gasteiger charge is 2.04. The van der Waals surface area contributed by atoms with Gasteiger partial charge in [-0.2, -0.15) is 0 Å². The minimum atomic E-state index is -0.1000. The first-order valence-electron chi connectivity index (χ1n) is 8.35. The minimum absolute atomic E-state index is 0. The van der Waals surface area contributed by atoms with Gasteiger partial charge in [-0.1, -0.05) is 18.2 Å². The predicted octanol–water partition coefficient (Wildman–Crippen LogP) is 1.67. The summed E-state index contributed by atoms with van der Waals surface area (Å²) in [6.45, 7) is 4.35. The molecule has 1 amide bonds. The Morgan fingerprint density at radius 2 is 2.00 bits per heavy atom. The number of carbonyl (C=O) groups excluding carboxylic acids is 1. The van der Waals surface area contributed by atoms with Crippen molar-refractivity contribution in [3.8, 4) is 0 Å². The van der Waals surface area contributed by atoms with Crippen LogP contribution in [0.3, 0.4) is 0 Å². The summed E-state index contributed by atoms with van der Waals surface area (Å²) >= 11 is 0. The molecule has 0 spiro atoms. The fourth-order valence-corrected chi connectivity index (χ4v) is 2.32. The number of rotatable bonds is 8. The van der Waals surface area contributed by atoms with Gasteiger partial charge < -0.3 is 20.7 Å². The molecule has 0 radical (unpaired) electrons. The normalized spacial score (nSPS) is 10.9. The van der Waals surface area contributed by atoms with Gasteiger partial charge in [0.25, 0.3) is 0 Å². The van der Waals surface area contributed by atoms with Crippen LogP contribution < -0.4 is 16.0 Å². The van der Waals surface area contributed by atoms with Crippen LogP contribution >= 0.6 is 24.0 Å². The summed E-state index contributed by atoms with van der Waals surface area (Å²) in [4.78, 5) is 20.7. The molecule has 0 bridgehead atoms. The first-order chi connectivity index (χ1) is 12.2. The van der Waals surface area contributed by atoms with Crippen molar-refractivity contribution < 1.29 is 9.53 Å². The third kappa shape index (κ3) is 7.12. The van der Waals surface area contributed by atoms with Crippen LogP contribution in [0, 0.1) is 0 Å². The largest absolute Gasteiger partial charge is 0.383 e. The van der Waals surface area contributed by atoms with Gasteiger partial charge in [-0.25, -0.2) is 4.99 Å². The third-order valence-electron chi connectivity index (χ3n) is 3.54. The van der Waals surface area contributed by atoms with Gasteiger partial charge in [0.05, 0.1) is 25.2 Å². The van der Waals surface area contributed by atoms with E-state index in [0.717, 1.165) is 16.5 Å². The van der Waals surface area contributed by atoms with E-state index in [2.05, 4.69) is 25.9 Å². The maximum Gasteiger partial charge on any atom is 0.239 e. The number of aliphatic imine (C=N–C) groups is 1. The average Bonchev–Trinajstić information content (AvgIpc) is 2.64. The molecule has 2 aromatic rings. The summed E-state index contributed by atoms with van der Waals surface area (Å²) in [5, 5.41) is 10.0. The number of amides is 1. The molecule has 0 aliphatic rings. The molecule has 0 saturated carbocycles.